The number of carbonyl (C=O) groups excluding carboxylic acids is 1. The zero-order chi connectivity index (χ0) is 20.8. The summed E-state index contributed by atoms with van der Waals surface area (Å²) in [6, 6.07) is 28.1. The van der Waals surface area contributed by atoms with Crippen molar-refractivity contribution in [2.45, 2.75) is 32.2 Å². The first kappa shape index (κ1) is 18.6. The Labute approximate surface area is 177 Å². The number of nitrogens with zero attached hydrogens (tertiary/aromatic N) is 2. The Balaban J connectivity index is 1.76. The van der Waals surface area contributed by atoms with Gasteiger partial charge in [0.05, 0.1) is 16.9 Å². The number of hydrazone groups is 1. The van der Waals surface area contributed by atoms with E-state index in [1.807, 2.05) is 60.7 Å². The number of fused-ring (bicyclic) bond motifs is 1. The minimum Gasteiger partial charge on any atom is -0.378 e. The smallest absolute Gasteiger partial charge is 0.262 e. The Morgan fingerprint density at radius 2 is 1.57 bits per heavy atom. The maximum atomic E-state index is 14.2. The molecule has 1 spiro atoms. The lowest BCUT2D eigenvalue weighted by Gasteiger charge is -2.50. The second kappa shape index (κ2) is 6.84. The Bertz CT molecular complexity index is 1130. The van der Waals surface area contributed by atoms with Crippen LogP contribution in [0.1, 0.15) is 31.4 Å². The molecule has 150 valence electrons. The van der Waals surface area contributed by atoms with Gasteiger partial charge in [-0.3, -0.25) is 4.79 Å². The van der Waals surface area contributed by atoms with Crippen LogP contribution in [0.5, 0.6) is 0 Å². The molecule has 2 aliphatic rings. The normalized spacial score (nSPS) is 25.1. The highest BCUT2D eigenvalue weighted by molar-refractivity contribution is 6.26. The van der Waals surface area contributed by atoms with E-state index >= 15 is 0 Å². The van der Waals surface area contributed by atoms with Gasteiger partial charge in [0.25, 0.3) is 5.91 Å². The van der Waals surface area contributed by atoms with Gasteiger partial charge in [0.1, 0.15) is 5.41 Å². The van der Waals surface area contributed by atoms with Crippen LogP contribution < -0.4 is 10.3 Å². The lowest BCUT2D eigenvalue weighted by atomic mass is 9.59. The predicted molar refractivity (Wildman–Crippen MR) is 122 cm³/mol. The fourth-order valence-electron chi connectivity index (χ4n) is 4.89. The molecule has 0 saturated heterocycles. The van der Waals surface area contributed by atoms with Gasteiger partial charge in [0.15, 0.2) is 0 Å². The third-order valence-electron chi connectivity index (χ3n) is 6.74. The third-order valence-corrected chi connectivity index (χ3v) is 6.74. The number of amides is 1. The van der Waals surface area contributed by atoms with E-state index in [1.54, 1.807) is 5.01 Å². The van der Waals surface area contributed by atoms with Crippen molar-refractivity contribution in [3.8, 4) is 0 Å². The molecule has 4 nitrogen and oxygen atoms in total. The van der Waals surface area contributed by atoms with Gasteiger partial charge in [-0.15, -0.1) is 0 Å². The Morgan fingerprint density at radius 3 is 2.27 bits per heavy atom. The Kier molecular flexibility index (Phi) is 4.24. The first-order valence-electron chi connectivity index (χ1n) is 10.5. The van der Waals surface area contributed by atoms with E-state index in [4.69, 9.17) is 5.10 Å². The van der Waals surface area contributed by atoms with Crippen LogP contribution in [0.4, 0.5) is 11.4 Å². The Morgan fingerprint density at radius 1 is 0.933 bits per heavy atom. The first-order chi connectivity index (χ1) is 14.6. The molecule has 5 rings (SSSR count). The molecule has 0 radical (unpaired) electrons. The lowest BCUT2D eigenvalue weighted by molar-refractivity contribution is -0.126. The fraction of sp³-hybridized carbons (Fsp3) is 0.231. The molecule has 1 amide bonds. The summed E-state index contributed by atoms with van der Waals surface area (Å²) in [5.74, 6) is 0.0268. The molecule has 0 aliphatic carbocycles. The molecule has 3 aromatic rings. The molecular formula is C26H25N3O. The van der Waals surface area contributed by atoms with E-state index < -0.39 is 11.0 Å². The SMILES string of the molecule is CCC1(C)Nc2ccccc2CC12C(=O)N(c1ccccc1)N=C2c1ccccc1. The maximum Gasteiger partial charge on any atom is 0.262 e. The van der Waals surface area contributed by atoms with Gasteiger partial charge in [-0.25, -0.2) is 0 Å². The van der Waals surface area contributed by atoms with E-state index in [1.165, 1.54) is 0 Å². The number of carbonyl (C=O) groups is 1. The molecule has 2 unspecified atom stereocenters. The monoisotopic (exact) mass is 395 g/mol. The van der Waals surface area contributed by atoms with Crippen molar-refractivity contribution < 1.29 is 4.79 Å². The Hall–Kier alpha value is -3.40. The van der Waals surface area contributed by atoms with Gasteiger partial charge in [-0.1, -0.05) is 73.7 Å². The van der Waals surface area contributed by atoms with Crippen molar-refractivity contribution >= 4 is 23.0 Å². The number of hydrogen-bond acceptors (Lipinski definition) is 3. The fourth-order valence-corrected chi connectivity index (χ4v) is 4.89. The first-order valence-corrected chi connectivity index (χ1v) is 10.5. The molecule has 2 atom stereocenters. The van der Waals surface area contributed by atoms with Crippen molar-refractivity contribution in [3.63, 3.8) is 0 Å². The van der Waals surface area contributed by atoms with Crippen LogP contribution in [-0.2, 0) is 11.2 Å². The number of hydrogen-bond donors (Lipinski definition) is 1. The molecule has 0 saturated carbocycles. The number of benzene rings is 3. The van der Waals surface area contributed by atoms with Crippen molar-refractivity contribution in [1.82, 2.24) is 0 Å². The molecule has 2 aliphatic heterocycles. The average Bonchev–Trinajstić information content (AvgIpc) is 3.09. The maximum absolute atomic E-state index is 14.2. The van der Waals surface area contributed by atoms with Crippen LogP contribution in [-0.4, -0.2) is 17.2 Å². The average molecular weight is 396 g/mol. The van der Waals surface area contributed by atoms with Crippen molar-refractivity contribution in [3.05, 3.63) is 96.1 Å². The highest BCUT2D eigenvalue weighted by atomic mass is 16.2. The van der Waals surface area contributed by atoms with Crippen molar-refractivity contribution in [2.24, 2.45) is 10.5 Å². The number of rotatable bonds is 3. The topological polar surface area (TPSA) is 44.7 Å². The standard InChI is InChI=1S/C26H25N3O/c1-3-25(2)26(18-20-14-10-11-17-22(20)27-25)23(19-12-6-4-7-13-19)28-29(24(26)30)21-15-8-5-9-16-21/h4-17,27H,3,18H2,1-2H3. The van der Waals surface area contributed by atoms with Crippen LogP contribution in [0.3, 0.4) is 0 Å². The van der Waals surface area contributed by atoms with Crippen molar-refractivity contribution in [1.29, 1.82) is 0 Å². The highest BCUT2D eigenvalue weighted by Gasteiger charge is 2.63. The van der Waals surface area contributed by atoms with Crippen LogP contribution >= 0.6 is 0 Å². The molecule has 1 N–H and O–H groups in total. The van der Waals surface area contributed by atoms with E-state index in [9.17, 15) is 4.79 Å². The van der Waals surface area contributed by atoms with E-state index in [0.717, 1.165) is 34.6 Å². The molecule has 0 bridgehead atoms. The minimum atomic E-state index is -0.798. The minimum absolute atomic E-state index is 0.0268. The molecular weight excluding hydrogens is 370 g/mol. The van der Waals surface area contributed by atoms with Crippen LogP contribution in [0.15, 0.2) is 90.0 Å². The summed E-state index contributed by atoms with van der Waals surface area (Å²) < 4.78 is 0. The van der Waals surface area contributed by atoms with Gasteiger partial charge in [-0.2, -0.15) is 10.1 Å². The second-order valence-corrected chi connectivity index (χ2v) is 8.32. The largest absolute Gasteiger partial charge is 0.378 e. The summed E-state index contributed by atoms with van der Waals surface area (Å²) in [6.45, 7) is 4.30. The predicted octanol–water partition coefficient (Wildman–Crippen LogP) is 5.26. The molecule has 0 aromatic heterocycles. The van der Waals surface area contributed by atoms with Crippen LogP contribution in [0.2, 0.25) is 0 Å². The summed E-state index contributed by atoms with van der Waals surface area (Å²) in [6.07, 6.45) is 1.41. The van der Waals surface area contributed by atoms with Crippen LogP contribution in [0, 0.1) is 5.41 Å². The molecule has 30 heavy (non-hydrogen) atoms. The number of anilines is 2. The highest BCUT2D eigenvalue weighted by Crippen LogP contribution is 2.52. The molecule has 2 heterocycles. The van der Waals surface area contributed by atoms with Gasteiger partial charge >= 0.3 is 0 Å². The lowest BCUT2D eigenvalue weighted by Crippen LogP contribution is -2.63. The summed E-state index contributed by atoms with van der Waals surface area (Å²) in [4.78, 5) is 14.2. The summed E-state index contributed by atoms with van der Waals surface area (Å²) in [5, 5.41) is 10.3. The van der Waals surface area contributed by atoms with Crippen LogP contribution in [0.25, 0.3) is 0 Å². The number of nitrogens with one attached hydrogen (secondary N) is 1. The summed E-state index contributed by atoms with van der Waals surface area (Å²) in [7, 11) is 0. The third kappa shape index (κ3) is 2.53. The van der Waals surface area contributed by atoms with Gasteiger partial charge in [-0.05, 0) is 49.1 Å². The summed E-state index contributed by atoms with van der Waals surface area (Å²) in [5.41, 5.74) is 3.60. The van der Waals surface area contributed by atoms with Crippen molar-refractivity contribution in [2.75, 3.05) is 10.3 Å². The van der Waals surface area contributed by atoms with E-state index in [2.05, 4.69) is 43.4 Å². The second-order valence-electron chi connectivity index (χ2n) is 8.32. The van der Waals surface area contributed by atoms with E-state index in [0.29, 0.717) is 6.42 Å². The van der Waals surface area contributed by atoms with Gasteiger partial charge < -0.3 is 5.32 Å². The molecule has 4 heteroatoms. The summed E-state index contributed by atoms with van der Waals surface area (Å²) >= 11 is 0. The van der Waals surface area contributed by atoms with E-state index in [-0.39, 0.29) is 5.91 Å². The molecule has 0 fully saturated rings. The quantitative estimate of drug-likeness (QED) is 0.657. The molecule has 3 aromatic carbocycles. The zero-order valence-electron chi connectivity index (χ0n) is 17.3. The number of para-hydroxylation sites is 2. The zero-order valence-corrected chi connectivity index (χ0v) is 17.3. The van der Waals surface area contributed by atoms with Gasteiger partial charge in [0, 0.05) is 5.69 Å². The van der Waals surface area contributed by atoms with Gasteiger partial charge in [0.2, 0.25) is 0 Å².